The summed E-state index contributed by atoms with van der Waals surface area (Å²) in [5.41, 5.74) is 0.643. The van der Waals surface area contributed by atoms with E-state index in [0.29, 0.717) is 23.6 Å². The lowest BCUT2D eigenvalue weighted by atomic mass is 10.1. The largest absolute Gasteiger partial charge is 0.396 e. The molecule has 0 spiro atoms. The maximum absolute atomic E-state index is 10.9. The van der Waals surface area contributed by atoms with Crippen LogP contribution in [0.1, 0.15) is 25.3 Å². The minimum absolute atomic E-state index is 0.0706. The van der Waals surface area contributed by atoms with Gasteiger partial charge in [0.25, 0.3) is 5.69 Å². The Labute approximate surface area is 111 Å². The number of hydrogen-bond acceptors (Lipinski definition) is 4. The van der Waals surface area contributed by atoms with Crippen LogP contribution in [-0.2, 0) is 6.54 Å². The number of benzene rings is 1. The molecule has 5 nitrogen and oxygen atoms in total. The topological polar surface area (TPSA) is 75.4 Å². The van der Waals surface area contributed by atoms with E-state index in [9.17, 15) is 10.1 Å². The van der Waals surface area contributed by atoms with Gasteiger partial charge in [0.05, 0.1) is 4.92 Å². The van der Waals surface area contributed by atoms with Crippen molar-refractivity contribution in [3.63, 3.8) is 0 Å². The molecule has 0 saturated carbocycles. The van der Waals surface area contributed by atoms with E-state index in [1.165, 1.54) is 12.1 Å². The Balaban J connectivity index is 2.65. The van der Waals surface area contributed by atoms with Crippen LogP contribution in [0.3, 0.4) is 0 Å². The molecule has 1 aromatic rings. The minimum Gasteiger partial charge on any atom is -0.396 e. The first-order valence-electron chi connectivity index (χ1n) is 5.81. The lowest BCUT2D eigenvalue weighted by Gasteiger charge is -2.13. The second-order valence-electron chi connectivity index (χ2n) is 4.18. The summed E-state index contributed by atoms with van der Waals surface area (Å²) in [7, 11) is 0. The Morgan fingerprint density at radius 1 is 1.56 bits per heavy atom. The molecule has 0 aliphatic rings. The number of halogens is 1. The summed E-state index contributed by atoms with van der Waals surface area (Å²) in [6.45, 7) is 2.53. The van der Waals surface area contributed by atoms with Gasteiger partial charge in [-0.05, 0) is 31.9 Å². The smallest absolute Gasteiger partial charge is 0.273 e. The van der Waals surface area contributed by atoms with Crippen molar-refractivity contribution in [3.05, 3.63) is 38.9 Å². The molecule has 1 rings (SSSR count). The van der Waals surface area contributed by atoms with Crippen molar-refractivity contribution in [1.82, 2.24) is 5.32 Å². The molecule has 0 amide bonds. The number of hydrogen-bond donors (Lipinski definition) is 2. The van der Waals surface area contributed by atoms with Gasteiger partial charge in [-0.2, -0.15) is 0 Å². The molecule has 0 aliphatic heterocycles. The lowest BCUT2D eigenvalue weighted by Crippen LogP contribution is -2.26. The number of aliphatic hydroxyl groups excluding tert-OH is 1. The van der Waals surface area contributed by atoms with Gasteiger partial charge in [-0.15, -0.1) is 0 Å². The van der Waals surface area contributed by atoms with Gasteiger partial charge in [0, 0.05) is 35.8 Å². The molecule has 6 heteroatoms. The van der Waals surface area contributed by atoms with Gasteiger partial charge >= 0.3 is 0 Å². The van der Waals surface area contributed by atoms with E-state index >= 15 is 0 Å². The highest BCUT2D eigenvalue weighted by Crippen LogP contribution is 2.22. The van der Waals surface area contributed by atoms with Crippen LogP contribution in [0.25, 0.3) is 0 Å². The predicted octanol–water partition coefficient (Wildman–Crippen LogP) is 2.50. The van der Waals surface area contributed by atoms with Crippen LogP contribution in [-0.4, -0.2) is 22.7 Å². The van der Waals surface area contributed by atoms with Crippen LogP contribution in [0.5, 0.6) is 0 Å². The first-order valence-corrected chi connectivity index (χ1v) is 6.19. The minimum atomic E-state index is -0.411. The van der Waals surface area contributed by atoms with Crippen molar-refractivity contribution in [2.24, 2.45) is 0 Å². The number of nitro benzene ring substituents is 1. The molecule has 0 bridgehead atoms. The van der Waals surface area contributed by atoms with Crippen LogP contribution in [0.15, 0.2) is 18.2 Å². The van der Waals surface area contributed by atoms with Gasteiger partial charge in [0.2, 0.25) is 0 Å². The molecule has 2 N–H and O–H groups in total. The van der Waals surface area contributed by atoms with Crippen molar-refractivity contribution in [2.45, 2.75) is 32.4 Å². The zero-order chi connectivity index (χ0) is 13.5. The fraction of sp³-hybridized carbons (Fsp3) is 0.500. The highest BCUT2D eigenvalue weighted by atomic mass is 35.5. The molecule has 1 unspecified atom stereocenters. The van der Waals surface area contributed by atoms with Crippen molar-refractivity contribution < 1.29 is 10.0 Å². The standard InChI is InChI=1S/C12H17ClN2O3/c1-9(3-2-6-16)14-8-10-7-11(13)4-5-12(10)15(17)18/h4-5,7,9,14,16H,2-3,6,8H2,1H3. The second-order valence-corrected chi connectivity index (χ2v) is 4.61. The van der Waals surface area contributed by atoms with Gasteiger partial charge in [-0.3, -0.25) is 10.1 Å². The fourth-order valence-electron chi connectivity index (χ4n) is 1.66. The summed E-state index contributed by atoms with van der Waals surface area (Å²) in [6.07, 6.45) is 1.54. The predicted molar refractivity (Wildman–Crippen MR) is 70.7 cm³/mol. The Morgan fingerprint density at radius 3 is 2.89 bits per heavy atom. The van der Waals surface area contributed by atoms with E-state index in [2.05, 4.69) is 5.32 Å². The van der Waals surface area contributed by atoms with Crippen LogP contribution < -0.4 is 5.32 Å². The number of aliphatic hydroxyl groups is 1. The number of rotatable bonds is 7. The maximum atomic E-state index is 10.9. The Kier molecular flexibility index (Phi) is 6.04. The molecule has 0 aliphatic carbocycles. The second kappa shape index (κ2) is 7.31. The molecule has 0 heterocycles. The van der Waals surface area contributed by atoms with E-state index in [-0.39, 0.29) is 18.3 Å². The summed E-state index contributed by atoms with van der Waals surface area (Å²) in [5.74, 6) is 0. The zero-order valence-electron chi connectivity index (χ0n) is 10.2. The number of nitrogens with one attached hydrogen (secondary N) is 1. The van der Waals surface area contributed by atoms with Crippen LogP contribution in [0.2, 0.25) is 5.02 Å². The maximum Gasteiger partial charge on any atom is 0.273 e. The average Bonchev–Trinajstić information content (AvgIpc) is 2.33. The Bertz CT molecular complexity index is 412. The third-order valence-corrected chi connectivity index (χ3v) is 2.91. The average molecular weight is 273 g/mol. The molecule has 0 fully saturated rings. The van der Waals surface area contributed by atoms with Gasteiger partial charge in [-0.25, -0.2) is 0 Å². The van der Waals surface area contributed by atoms with Gasteiger partial charge < -0.3 is 10.4 Å². The van der Waals surface area contributed by atoms with E-state index < -0.39 is 4.92 Å². The molecular formula is C12H17ClN2O3. The Morgan fingerprint density at radius 2 is 2.28 bits per heavy atom. The number of nitrogens with zero attached hydrogens (tertiary/aromatic N) is 1. The third kappa shape index (κ3) is 4.60. The highest BCUT2D eigenvalue weighted by molar-refractivity contribution is 6.30. The molecule has 0 aromatic heterocycles. The van der Waals surface area contributed by atoms with E-state index in [0.717, 1.165) is 6.42 Å². The monoisotopic (exact) mass is 272 g/mol. The van der Waals surface area contributed by atoms with Crippen LogP contribution in [0, 0.1) is 10.1 Å². The summed E-state index contributed by atoms with van der Waals surface area (Å²) < 4.78 is 0. The Hall–Kier alpha value is -1.17. The van der Waals surface area contributed by atoms with Gasteiger partial charge in [0.15, 0.2) is 0 Å². The quantitative estimate of drug-likeness (QED) is 0.591. The first kappa shape index (κ1) is 14.9. The van der Waals surface area contributed by atoms with E-state index in [4.69, 9.17) is 16.7 Å². The van der Waals surface area contributed by atoms with Crippen molar-refractivity contribution in [3.8, 4) is 0 Å². The third-order valence-electron chi connectivity index (χ3n) is 2.67. The lowest BCUT2D eigenvalue weighted by molar-refractivity contribution is -0.385. The van der Waals surface area contributed by atoms with E-state index in [1.807, 2.05) is 6.92 Å². The van der Waals surface area contributed by atoms with Crippen LogP contribution >= 0.6 is 11.6 Å². The highest BCUT2D eigenvalue weighted by Gasteiger charge is 2.14. The zero-order valence-corrected chi connectivity index (χ0v) is 11.0. The summed E-state index contributed by atoms with van der Waals surface area (Å²) in [5, 5.41) is 23.2. The van der Waals surface area contributed by atoms with Gasteiger partial charge in [0.1, 0.15) is 0 Å². The molecule has 18 heavy (non-hydrogen) atoms. The summed E-state index contributed by atoms with van der Waals surface area (Å²) in [6, 6.07) is 4.72. The van der Waals surface area contributed by atoms with E-state index in [1.54, 1.807) is 6.07 Å². The van der Waals surface area contributed by atoms with Gasteiger partial charge in [-0.1, -0.05) is 11.6 Å². The molecule has 0 saturated heterocycles. The first-order chi connectivity index (χ1) is 8.54. The fourth-order valence-corrected chi connectivity index (χ4v) is 1.85. The SMILES string of the molecule is CC(CCCO)NCc1cc(Cl)ccc1[N+](=O)[O-]. The molecule has 0 radical (unpaired) electrons. The van der Waals surface area contributed by atoms with Crippen LogP contribution in [0.4, 0.5) is 5.69 Å². The van der Waals surface area contributed by atoms with Crippen molar-refractivity contribution in [2.75, 3.05) is 6.61 Å². The molecule has 1 atom stereocenters. The van der Waals surface area contributed by atoms with Crippen molar-refractivity contribution >= 4 is 17.3 Å². The molecule has 1 aromatic carbocycles. The number of nitro groups is 1. The normalized spacial score (nSPS) is 12.4. The summed E-state index contributed by atoms with van der Waals surface area (Å²) >= 11 is 5.84. The molecule has 100 valence electrons. The summed E-state index contributed by atoms with van der Waals surface area (Å²) in [4.78, 5) is 10.4. The van der Waals surface area contributed by atoms with Crippen molar-refractivity contribution in [1.29, 1.82) is 0 Å². The molecular weight excluding hydrogens is 256 g/mol.